The Balaban J connectivity index is 2.08. The molecular weight excluding hydrogens is 166 g/mol. The molecule has 13 heavy (non-hydrogen) atoms. The van der Waals surface area contributed by atoms with Gasteiger partial charge < -0.3 is 15.7 Å². The number of likely N-dealkylation sites (tertiary alicyclic amines) is 1. The summed E-state index contributed by atoms with van der Waals surface area (Å²) in [4.78, 5) is 1.89. The molecule has 1 aliphatic carbocycles. The van der Waals surface area contributed by atoms with Gasteiger partial charge in [0.1, 0.15) is 0 Å². The largest absolute Gasteiger partial charge is 0.396 e. The number of nitrogens with two attached hydrogens (primary N) is 1. The van der Waals surface area contributed by atoms with Gasteiger partial charge >= 0.3 is 0 Å². The molecule has 0 aromatic carbocycles. The van der Waals surface area contributed by atoms with Gasteiger partial charge in [-0.1, -0.05) is 6.42 Å². The van der Waals surface area contributed by atoms with Gasteiger partial charge in [-0.05, 0) is 18.3 Å². The van der Waals surface area contributed by atoms with Gasteiger partial charge in [0.25, 0.3) is 0 Å². The van der Waals surface area contributed by atoms with Gasteiger partial charge in [-0.2, -0.15) is 0 Å². The van der Waals surface area contributed by atoms with Crippen LogP contribution in [0.2, 0.25) is 0 Å². The van der Waals surface area contributed by atoms with E-state index in [-0.39, 0.29) is 12.6 Å². The molecule has 2 aliphatic rings. The Hall–Kier alpha value is -0.770. The molecule has 1 spiro atoms. The number of hydrogen-bond donors (Lipinski definition) is 3. The van der Waals surface area contributed by atoms with Crippen LogP contribution >= 0.6 is 0 Å². The van der Waals surface area contributed by atoms with Crippen LogP contribution in [0.3, 0.4) is 0 Å². The topological polar surface area (TPSA) is 73.3 Å². The van der Waals surface area contributed by atoms with E-state index in [4.69, 9.17) is 11.1 Å². The molecule has 2 fully saturated rings. The van der Waals surface area contributed by atoms with Crippen molar-refractivity contribution in [1.29, 1.82) is 5.41 Å². The molecule has 0 bridgehead atoms. The fourth-order valence-electron chi connectivity index (χ4n) is 2.67. The molecule has 4 nitrogen and oxygen atoms in total. The maximum Gasteiger partial charge on any atom is 0.188 e. The SMILES string of the molecule is N=C(N)N1CC(CO)C2(CCC2)C1. The third kappa shape index (κ3) is 1.20. The van der Waals surface area contributed by atoms with Crippen LogP contribution in [0.1, 0.15) is 19.3 Å². The van der Waals surface area contributed by atoms with Crippen LogP contribution in [-0.2, 0) is 0 Å². The first-order valence-corrected chi connectivity index (χ1v) is 4.88. The van der Waals surface area contributed by atoms with Crippen molar-refractivity contribution in [2.24, 2.45) is 17.1 Å². The first-order chi connectivity index (χ1) is 6.18. The molecule has 1 saturated heterocycles. The van der Waals surface area contributed by atoms with Crippen molar-refractivity contribution in [1.82, 2.24) is 4.90 Å². The van der Waals surface area contributed by atoms with Crippen molar-refractivity contribution in [3.63, 3.8) is 0 Å². The summed E-state index contributed by atoms with van der Waals surface area (Å²) < 4.78 is 0. The minimum atomic E-state index is 0.155. The zero-order valence-electron chi connectivity index (χ0n) is 7.79. The number of aliphatic hydroxyl groups is 1. The van der Waals surface area contributed by atoms with Gasteiger partial charge in [0.2, 0.25) is 0 Å². The average molecular weight is 183 g/mol. The molecule has 1 unspecified atom stereocenters. The Morgan fingerprint density at radius 2 is 2.31 bits per heavy atom. The maximum absolute atomic E-state index is 9.23. The van der Waals surface area contributed by atoms with E-state index in [1.807, 2.05) is 4.90 Å². The predicted molar refractivity (Wildman–Crippen MR) is 50.3 cm³/mol. The standard InChI is InChI=1S/C9H17N3O/c10-8(11)12-4-7(5-13)9(6-12)2-1-3-9/h7,13H,1-6H2,(H3,10,11). The summed E-state index contributed by atoms with van der Waals surface area (Å²) >= 11 is 0. The molecule has 0 aromatic rings. The Bertz CT molecular complexity index is 225. The zero-order chi connectivity index (χ0) is 9.47. The second-order valence-electron chi connectivity index (χ2n) is 4.36. The first kappa shape index (κ1) is 8.81. The molecule has 0 aromatic heterocycles. The van der Waals surface area contributed by atoms with Gasteiger partial charge in [0.15, 0.2) is 5.96 Å². The summed E-state index contributed by atoms with van der Waals surface area (Å²) in [6.07, 6.45) is 3.66. The van der Waals surface area contributed by atoms with Crippen molar-refractivity contribution in [3.05, 3.63) is 0 Å². The fraction of sp³-hybridized carbons (Fsp3) is 0.889. The second kappa shape index (κ2) is 2.87. The van der Waals surface area contributed by atoms with Crippen LogP contribution in [0.5, 0.6) is 0 Å². The lowest BCUT2D eigenvalue weighted by atomic mass is 9.63. The van der Waals surface area contributed by atoms with Crippen molar-refractivity contribution >= 4 is 5.96 Å². The molecule has 74 valence electrons. The lowest BCUT2D eigenvalue weighted by Crippen LogP contribution is -2.40. The molecule has 1 atom stereocenters. The highest BCUT2D eigenvalue weighted by molar-refractivity contribution is 5.75. The highest BCUT2D eigenvalue weighted by Crippen LogP contribution is 2.51. The normalized spacial score (nSPS) is 30.5. The van der Waals surface area contributed by atoms with Gasteiger partial charge in [0, 0.05) is 25.6 Å². The molecule has 4 N–H and O–H groups in total. The summed E-state index contributed by atoms with van der Waals surface area (Å²) in [7, 11) is 0. The van der Waals surface area contributed by atoms with Crippen LogP contribution in [0.15, 0.2) is 0 Å². The van der Waals surface area contributed by atoms with E-state index in [1.54, 1.807) is 0 Å². The molecule has 1 saturated carbocycles. The Kier molecular flexibility index (Phi) is 1.95. The fourth-order valence-corrected chi connectivity index (χ4v) is 2.67. The van der Waals surface area contributed by atoms with Crippen molar-refractivity contribution < 1.29 is 5.11 Å². The van der Waals surface area contributed by atoms with E-state index in [0.29, 0.717) is 11.3 Å². The van der Waals surface area contributed by atoms with Crippen molar-refractivity contribution in [2.45, 2.75) is 19.3 Å². The highest BCUT2D eigenvalue weighted by atomic mass is 16.3. The molecular formula is C9H17N3O. The monoisotopic (exact) mass is 183 g/mol. The second-order valence-corrected chi connectivity index (χ2v) is 4.36. The summed E-state index contributed by atoms with van der Waals surface area (Å²) in [5, 5.41) is 16.6. The number of nitrogens with one attached hydrogen (secondary N) is 1. The summed E-state index contributed by atoms with van der Waals surface area (Å²) in [6.45, 7) is 1.89. The Morgan fingerprint density at radius 3 is 2.62 bits per heavy atom. The van der Waals surface area contributed by atoms with E-state index in [0.717, 1.165) is 13.1 Å². The van der Waals surface area contributed by atoms with Gasteiger partial charge in [-0.25, -0.2) is 0 Å². The molecule has 0 radical (unpaired) electrons. The lowest BCUT2D eigenvalue weighted by molar-refractivity contribution is 0.0555. The quantitative estimate of drug-likeness (QED) is 0.395. The maximum atomic E-state index is 9.23. The number of aliphatic hydroxyl groups excluding tert-OH is 1. The third-order valence-corrected chi connectivity index (χ3v) is 3.72. The molecule has 1 aliphatic heterocycles. The van der Waals surface area contributed by atoms with Crippen LogP contribution in [0, 0.1) is 16.7 Å². The minimum Gasteiger partial charge on any atom is -0.396 e. The summed E-state index contributed by atoms with van der Waals surface area (Å²) in [5.74, 6) is 0.493. The highest BCUT2D eigenvalue weighted by Gasteiger charge is 2.50. The Morgan fingerprint density at radius 1 is 1.62 bits per heavy atom. The van der Waals surface area contributed by atoms with E-state index >= 15 is 0 Å². The van der Waals surface area contributed by atoms with E-state index in [2.05, 4.69) is 0 Å². The number of rotatable bonds is 1. The minimum absolute atomic E-state index is 0.155. The summed E-state index contributed by atoms with van der Waals surface area (Å²) in [6, 6.07) is 0. The number of guanidine groups is 1. The van der Waals surface area contributed by atoms with Crippen molar-refractivity contribution in [3.8, 4) is 0 Å². The van der Waals surface area contributed by atoms with Crippen LogP contribution in [-0.4, -0.2) is 35.7 Å². The predicted octanol–water partition coefficient (Wildman–Crippen LogP) is -0.0257. The van der Waals surface area contributed by atoms with Gasteiger partial charge in [-0.15, -0.1) is 0 Å². The molecule has 4 heteroatoms. The van der Waals surface area contributed by atoms with Crippen LogP contribution < -0.4 is 5.73 Å². The van der Waals surface area contributed by atoms with Crippen LogP contribution in [0.4, 0.5) is 0 Å². The Labute approximate surface area is 78.2 Å². The van der Waals surface area contributed by atoms with E-state index in [1.165, 1.54) is 19.3 Å². The van der Waals surface area contributed by atoms with E-state index < -0.39 is 0 Å². The lowest BCUT2D eigenvalue weighted by Gasteiger charge is -2.42. The smallest absolute Gasteiger partial charge is 0.188 e. The number of hydrogen-bond acceptors (Lipinski definition) is 2. The molecule has 0 amide bonds. The first-order valence-electron chi connectivity index (χ1n) is 4.88. The summed E-state index contributed by atoms with van der Waals surface area (Å²) in [5.41, 5.74) is 5.73. The van der Waals surface area contributed by atoms with E-state index in [9.17, 15) is 5.11 Å². The molecule has 2 rings (SSSR count). The van der Waals surface area contributed by atoms with Crippen molar-refractivity contribution in [2.75, 3.05) is 19.7 Å². The molecule has 1 heterocycles. The average Bonchev–Trinajstić information content (AvgIpc) is 2.42. The van der Waals surface area contributed by atoms with Gasteiger partial charge in [0.05, 0.1) is 0 Å². The van der Waals surface area contributed by atoms with Gasteiger partial charge in [-0.3, -0.25) is 5.41 Å². The number of nitrogens with zero attached hydrogens (tertiary/aromatic N) is 1. The zero-order valence-corrected chi connectivity index (χ0v) is 7.79. The third-order valence-electron chi connectivity index (χ3n) is 3.72. The van der Waals surface area contributed by atoms with Crippen LogP contribution in [0.25, 0.3) is 0 Å².